The minimum Gasteiger partial charge on any atom is -0.497 e. The Labute approximate surface area is 149 Å². The van der Waals surface area contributed by atoms with Crippen LogP contribution in [0.4, 0.5) is 5.69 Å². The summed E-state index contributed by atoms with van der Waals surface area (Å²) in [5.41, 5.74) is 2.55. The summed E-state index contributed by atoms with van der Waals surface area (Å²) in [6.07, 6.45) is 0. The van der Waals surface area contributed by atoms with Gasteiger partial charge in [0.25, 0.3) is 0 Å². The molecule has 0 radical (unpaired) electrons. The Morgan fingerprint density at radius 3 is 2.32 bits per heavy atom. The number of morpholine rings is 1. The Bertz CT molecular complexity index is 622. The molecular weight excluding hydrogens is 316 g/mol. The molecule has 3 rings (SSSR count). The first-order chi connectivity index (χ1) is 12.3. The van der Waals surface area contributed by atoms with Crippen LogP contribution in [0.15, 0.2) is 48.5 Å². The van der Waals surface area contributed by atoms with E-state index in [9.17, 15) is 0 Å². The van der Waals surface area contributed by atoms with Gasteiger partial charge in [0.05, 0.1) is 20.3 Å². The molecule has 0 bridgehead atoms. The molecule has 0 unspecified atom stereocenters. The number of anilines is 1. The van der Waals surface area contributed by atoms with Gasteiger partial charge in [-0.1, -0.05) is 12.1 Å². The van der Waals surface area contributed by atoms with Crippen molar-refractivity contribution in [2.45, 2.75) is 6.54 Å². The number of benzene rings is 2. The summed E-state index contributed by atoms with van der Waals surface area (Å²) >= 11 is 0. The zero-order valence-corrected chi connectivity index (χ0v) is 14.7. The summed E-state index contributed by atoms with van der Waals surface area (Å²) in [4.78, 5) is 2.36. The van der Waals surface area contributed by atoms with E-state index in [1.807, 2.05) is 24.3 Å². The van der Waals surface area contributed by atoms with Gasteiger partial charge in [0.2, 0.25) is 0 Å². The van der Waals surface area contributed by atoms with Crippen LogP contribution in [0, 0.1) is 0 Å². The standard InChI is InChI=1S/C20H26N2O3/c1-23-19-6-8-20(9-7-19)25-13-10-21-16-17-2-4-18(5-3-17)22-11-14-24-15-12-22/h2-9,21H,10-16H2,1H3. The molecule has 1 aliphatic rings. The third-order valence-electron chi connectivity index (χ3n) is 4.25. The van der Waals surface area contributed by atoms with Crippen LogP contribution in [-0.4, -0.2) is 46.6 Å². The predicted molar refractivity (Wildman–Crippen MR) is 99.7 cm³/mol. The minimum atomic E-state index is 0.637. The summed E-state index contributed by atoms with van der Waals surface area (Å²) in [5.74, 6) is 1.70. The molecule has 1 N–H and O–H groups in total. The Balaban J connectivity index is 1.35. The number of rotatable bonds is 8. The summed E-state index contributed by atoms with van der Waals surface area (Å²) in [7, 11) is 1.66. The van der Waals surface area contributed by atoms with Gasteiger partial charge in [-0.3, -0.25) is 0 Å². The fourth-order valence-electron chi connectivity index (χ4n) is 2.79. The van der Waals surface area contributed by atoms with E-state index in [-0.39, 0.29) is 0 Å². The molecule has 0 spiro atoms. The molecule has 5 nitrogen and oxygen atoms in total. The van der Waals surface area contributed by atoms with Gasteiger partial charge in [-0.2, -0.15) is 0 Å². The average Bonchev–Trinajstić information content (AvgIpc) is 2.69. The van der Waals surface area contributed by atoms with Crippen LogP contribution in [0.1, 0.15) is 5.56 Å². The molecule has 1 fully saturated rings. The Morgan fingerprint density at radius 1 is 0.960 bits per heavy atom. The summed E-state index contributed by atoms with van der Waals surface area (Å²) in [6.45, 7) is 5.86. The first-order valence-corrected chi connectivity index (χ1v) is 8.74. The largest absolute Gasteiger partial charge is 0.497 e. The summed E-state index contributed by atoms with van der Waals surface area (Å²) < 4.78 is 16.2. The number of methoxy groups -OCH3 is 1. The van der Waals surface area contributed by atoms with Gasteiger partial charge in [-0.15, -0.1) is 0 Å². The molecule has 0 atom stereocenters. The van der Waals surface area contributed by atoms with Crippen molar-refractivity contribution in [3.63, 3.8) is 0 Å². The van der Waals surface area contributed by atoms with Gasteiger partial charge >= 0.3 is 0 Å². The number of hydrogen-bond donors (Lipinski definition) is 1. The number of nitrogens with one attached hydrogen (secondary N) is 1. The maximum absolute atomic E-state index is 5.71. The molecular formula is C20H26N2O3. The predicted octanol–water partition coefficient (Wildman–Crippen LogP) is 2.70. The zero-order chi connectivity index (χ0) is 17.3. The normalized spacial score (nSPS) is 14.4. The Kier molecular flexibility index (Phi) is 6.54. The van der Waals surface area contributed by atoms with Gasteiger partial charge in [0.15, 0.2) is 0 Å². The van der Waals surface area contributed by atoms with Gasteiger partial charge in [-0.05, 0) is 42.0 Å². The lowest BCUT2D eigenvalue weighted by atomic mass is 10.2. The second kappa shape index (κ2) is 9.30. The van der Waals surface area contributed by atoms with Crippen LogP contribution in [0.2, 0.25) is 0 Å². The number of ether oxygens (including phenoxy) is 3. The molecule has 5 heteroatoms. The van der Waals surface area contributed by atoms with Gasteiger partial charge < -0.3 is 24.4 Å². The molecule has 0 aliphatic carbocycles. The van der Waals surface area contributed by atoms with Crippen LogP contribution in [0.3, 0.4) is 0 Å². The lowest BCUT2D eigenvalue weighted by Crippen LogP contribution is -2.36. The molecule has 2 aromatic carbocycles. The molecule has 0 saturated carbocycles. The van der Waals surface area contributed by atoms with Crippen LogP contribution in [-0.2, 0) is 11.3 Å². The number of nitrogens with zero attached hydrogens (tertiary/aromatic N) is 1. The van der Waals surface area contributed by atoms with Crippen LogP contribution >= 0.6 is 0 Å². The van der Waals surface area contributed by atoms with Crippen molar-refractivity contribution in [2.75, 3.05) is 51.5 Å². The van der Waals surface area contributed by atoms with Crippen molar-refractivity contribution >= 4 is 5.69 Å². The van der Waals surface area contributed by atoms with Gasteiger partial charge in [0, 0.05) is 31.9 Å². The molecule has 1 saturated heterocycles. The SMILES string of the molecule is COc1ccc(OCCNCc2ccc(N3CCOCC3)cc2)cc1. The Morgan fingerprint density at radius 2 is 1.64 bits per heavy atom. The van der Waals surface area contributed by atoms with E-state index in [0.29, 0.717) is 6.61 Å². The average molecular weight is 342 g/mol. The van der Waals surface area contributed by atoms with Gasteiger partial charge in [0.1, 0.15) is 18.1 Å². The van der Waals surface area contributed by atoms with E-state index in [1.165, 1.54) is 11.3 Å². The van der Waals surface area contributed by atoms with Crippen molar-refractivity contribution in [3.8, 4) is 11.5 Å². The highest BCUT2D eigenvalue weighted by Gasteiger charge is 2.10. The van der Waals surface area contributed by atoms with Crippen molar-refractivity contribution in [2.24, 2.45) is 0 Å². The van der Waals surface area contributed by atoms with Crippen LogP contribution in [0.25, 0.3) is 0 Å². The molecule has 25 heavy (non-hydrogen) atoms. The molecule has 1 aliphatic heterocycles. The van der Waals surface area contributed by atoms with Crippen molar-refractivity contribution in [1.29, 1.82) is 0 Å². The molecule has 134 valence electrons. The topological polar surface area (TPSA) is 43.0 Å². The van der Waals surface area contributed by atoms with E-state index in [1.54, 1.807) is 7.11 Å². The lowest BCUT2D eigenvalue weighted by Gasteiger charge is -2.28. The first-order valence-electron chi connectivity index (χ1n) is 8.74. The van der Waals surface area contributed by atoms with Crippen LogP contribution < -0.4 is 19.7 Å². The lowest BCUT2D eigenvalue weighted by molar-refractivity contribution is 0.122. The van der Waals surface area contributed by atoms with E-state index >= 15 is 0 Å². The van der Waals surface area contributed by atoms with Gasteiger partial charge in [-0.25, -0.2) is 0 Å². The highest BCUT2D eigenvalue weighted by molar-refractivity contribution is 5.47. The maximum Gasteiger partial charge on any atom is 0.119 e. The third-order valence-corrected chi connectivity index (χ3v) is 4.25. The fraction of sp³-hybridized carbons (Fsp3) is 0.400. The number of hydrogen-bond acceptors (Lipinski definition) is 5. The highest BCUT2D eigenvalue weighted by atomic mass is 16.5. The second-order valence-electron chi connectivity index (χ2n) is 5.97. The van der Waals surface area contributed by atoms with E-state index < -0.39 is 0 Å². The highest BCUT2D eigenvalue weighted by Crippen LogP contribution is 2.17. The Hall–Kier alpha value is -2.24. The third kappa shape index (κ3) is 5.37. The fourth-order valence-corrected chi connectivity index (χ4v) is 2.79. The van der Waals surface area contributed by atoms with Crippen molar-refractivity contribution in [3.05, 3.63) is 54.1 Å². The summed E-state index contributed by atoms with van der Waals surface area (Å²) in [5, 5.41) is 3.41. The molecule has 0 aromatic heterocycles. The van der Waals surface area contributed by atoms with E-state index in [2.05, 4.69) is 34.5 Å². The zero-order valence-electron chi connectivity index (χ0n) is 14.7. The van der Waals surface area contributed by atoms with E-state index in [4.69, 9.17) is 14.2 Å². The first kappa shape index (κ1) is 17.6. The summed E-state index contributed by atoms with van der Waals surface area (Å²) in [6, 6.07) is 16.4. The maximum atomic E-state index is 5.71. The molecule has 0 amide bonds. The molecule has 2 aromatic rings. The van der Waals surface area contributed by atoms with Crippen molar-refractivity contribution in [1.82, 2.24) is 5.32 Å². The molecule has 1 heterocycles. The van der Waals surface area contributed by atoms with Crippen LogP contribution in [0.5, 0.6) is 11.5 Å². The quantitative estimate of drug-likeness (QED) is 0.747. The smallest absolute Gasteiger partial charge is 0.119 e. The van der Waals surface area contributed by atoms with Crippen molar-refractivity contribution < 1.29 is 14.2 Å². The monoisotopic (exact) mass is 342 g/mol. The van der Waals surface area contributed by atoms with E-state index in [0.717, 1.165) is 50.9 Å². The second-order valence-corrected chi connectivity index (χ2v) is 5.97. The minimum absolute atomic E-state index is 0.637.